The van der Waals surface area contributed by atoms with Gasteiger partial charge >= 0.3 is 6.09 Å². The Kier molecular flexibility index (Phi) is 5.47. The van der Waals surface area contributed by atoms with Crippen molar-refractivity contribution in [1.29, 1.82) is 0 Å². The number of nitrogen functional groups attached to an aromatic ring is 1. The Hall–Kier alpha value is -3.29. The molecule has 164 valence electrons. The Morgan fingerprint density at radius 3 is 2.65 bits per heavy atom. The first-order chi connectivity index (χ1) is 14.7. The predicted octanol–water partition coefficient (Wildman–Crippen LogP) is 4.33. The van der Waals surface area contributed by atoms with Crippen LogP contribution in [0.3, 0.4) is 0 Å². The number of carbonyl (C=O) groups is 1. The van der Waals surface area contributed by atoms with Gasteiger partial charge in [0.15, 0.2) is 0 Å². The zero-order valence-electron chi connectivity index (χ0n) is 18.4. The van der Waals surface area contributed by atoms with Crippen molar-refractivity contribution in [2.45, 2.75) is 45.1 Å². The van der Waals surface area contributed by atoms with E-state index in [9.17, 15) is 4.79 Å². The van der Waals surface area contributed by atoms with Gasteiger partial charge < -0.3 is 25.1 Å². The lowest BCUT2D eigenvalue weighted by Crippen LogP contribution is -2.41. The molecule has 8 heteroatoms. The van der Waals surface area contributed by atoms with Crippen LogP contribution in [0.4, 0.5) is 10.6 Å². The molecule has 1 aliphatic heterocycles. The van der Waals surface area contributed by atoms with Crippen LogP contribution in [0.1, 0.15) is 45.2 Å². The number of aromatic nitrogens is 3. The van der Waals surface area contributed by atoms with Crippen molar-refractivity contribution in [2.24, 2.45) is 0 Å². The third-order valence-corrected chi connectivity index (χ3v) is 5.49. The first-order valence-electron chi connectivity index (χ1n) is 10.5. The molecule has 31 heavy (non-hydrogen) atoms. The highest BCUT2D eigenvalue weighted by Gasteiger charge is 2.28. The van der Waals surface area contributed by atoms with E-state index >= 15 is 0 Å². The number of nitrogens with zero attached hydrogens (tertiary/aromatic N) is 3. The van der Waals surface area contributed by atoms with E-state index in [0.717, 1.165) is 35.1 Å². The molecule has 0 spiro atoms. The predicted molar refractivity (Wildman–Crippen MR) is 120 cm³/mol. The molecule has 3 aromatic heterocycles. The number of ether oxygens (including phenoxy) is 2. The average Bonchev–Trinajstić information content (AvgIpc) is 3.17. The molecule has 0 aliphatic carbocycles. The number of methoxy groups -OCH3 is 1. The molecular weight excluding hydrogens is 394 g/mol. The number of aromatic amines is 1. The number of rotatable bonds is 3. The molecule has 0 atom stereocenters. The summed E-state index contributed by atoms with van der Waals surface area (Å²) in [5, 5.41) is 0.975. The van der Waals surface area contributed by atoms with Crippen LogP contribution < -0.4 is 10.5 Å². The maximum atomic E-state index is 12.3. The number of anilines is 1. The molecule has 0 radical (unpaired) electrons. The van der Waals surface area contributed by atoms with E-state index in [1.54, 1.807) is 24.3 Å². The number of piperidine rings is 1. The van der Waals surface area contributed by atoms with Crippen LogP contribution in [0.15, 0.2) is 30.5 Å². The largest absolute Gasteiger partial charge is 0.494 e. The van der Waals surface area contributed by atoms with E-state index in [1.165, 1.54) is 0 Å². The van der Waals surface area contributed by atoms with Gasteiger partial charge in [0, 0.05) is 41.8 Å². The molecule has 1 aliphatic rings. The highest BCUT2D eigenvalue weighted by Crippen LogP contribution is 2.36. The van der Waals surface area contributed by atoms with Gasteiger partial charge in [-0.3, -0.25) is 0 Å². The van der Waals surface area contributed by atoms with Crippen molar-refractivity contribution in [1.82, 2.24) is 19.9 Å². The van der Waals surface area contributed by atoms with Gasteiger partial charge in [0.05, 0.1) is 7.11 Å². The summed E-state index contributed by atoms with van der Waals surface area (Å²) in [6.07, 6.45) is 3.24. The number of hydrogen-bond acceptors (Lipinski definition) is 6. The number of fused-ring (bicyclic) bond motifs is 1. The monoisotopic (exact) mass is 423 g/mol. The van der Waals surface area contributed by atoms with Crippen molar-refractivity contribution < 1.29 is 14.3 Å². The minimum absolute atomic E-state index is 0.244. The number of H-pyrrole nitrogens is 1. The van der Waals surface area contributed by atoms with Gasteiger partial charge in [-0.1, -0.05) is 0 Å². The molecule has 0 unspecified atom stereocenters. The molecule has 1 fully saturated rings. The molecule has 8 nitrogen and oxygen atoms in total. The normalized spacial score (nSPS) is 15.3. The van der Waals surface area contributed by atoms with E-state index in [1.807, 2.05) is 32.9 Å². The minimum Gasteiger partial charge on any atom is -0.494 e. The molecular formula is C23H29N5O3. The van der Waals surface area contributed by atoms with Crippen molar-refractivity contribution in [2.75, 3.05) is 25.9 Å². The van der Waals surface area contributed by atoms with E-state index in [-0.39, 0.29) is 6.09 Å². The standard InChI is InChI=1S/C23H29N5O3/c1-23(2,3)31-22(29)28-11-8-14(9-12-28)17-13-16-15(7-10-25-21(16)26-17)20-18(30-4)5-6-19(24)27-20/h5-7,10,13-14H,8-9,11-12H2,1-4H3,(H2,24,27)(H,25,26). The molecule has 3 aromatic rings. The lowest BCUT2D eigenvalue weighted by atomic mass is 9.93. The van der Waals surface area contributed by atoms with Gasteiger partial charge in [-0.2, -0.15) is 0 Å². The van der Waals surface area contributed by atoms with Crippen LogP contribution in [0.2, 0.25) is 0 Å². The minimum atomic E-state index is -0.483. The van der Waals surface area contributed by atoms with Gasteiger partial charge in [0.2, 0.25) is 0 Å². The van der Waals surface area contributed by atoms with E-state index in [4.69, 9.17) is 15.2 Å². The molecule has 4 heterocycles. The number of likely N-dealkylation sites (tertiary alicyclic amines) is 1. The smallest absolute Gasteiger partial charge is 0.410 e. The number of amides is 1. The number of nitrogens with one attached hydrogen (secondary N) is 1. The second-order valence-electron chi connectivity index (χ2n) is 8.87. The third kappa shape index (κ3) is 4.42. The maximum Gasteiger partial charge on any atom is 0.410 e. The number of carbonyl (C=O) groups excluding carboxylic acids is 1. The Morgan fingerprint density at radius 1 is 1.23 bits per heavy atom. The highest BCUT2D eigenvalue weighted by atomic mass is 16.6. The molecule has 1 saturated heterocycles. The van der Waals surface area contributed by atoms with Gasteiger partial charge in [-0.25, -0.2) is 14.8 Å². The first-order valence-corrected chi connectivity index (χ1v) is 10.5. The van der Waals surface area contributed by atoms with Crippen molar-refractivity contribution >= 4 is 22.9 Å². The van der Waals surface area contributed by atoms with Gasteiger partial charge in [0.25, 0.3) is 0 Å². The lowest BCUT2D eigenvalue weighted by Gasteiger charge is -2.33. The van der Waals surface area contributed by atoms with Crippen molar-refractivity contribution in [3.05, 3.63) is 36.2 Å². The van der Waals surface area contributed by atoms with Crippen LogP contribution in [0.25, 0.3) is 22.3 Å². The van der Waals surface area contributed by atoms with Crippen molar-refractivity contribution in [3.63, 3.8) is 0 Å². The quantitative estimate of drug-likeness (QED) is 0.649. The Morgan fingerprint density at radius 2 is 1.97 bits per heavy atom. The molecule has 1 amide bonds. The first kappa shape index (κ1) is 21.0. The fourth-order valence-electron chi connectivity index (χ4n) is 3.99. The third-order valence-electron chi connectivity index (χ3n) is 5.49. The fourth-order valence-corrected chi connectivity index (χ4v) is 3.99. The molecule has 0 aromatic carbocycles. The van der Waals surface area contributed by atoms with Gasteiger partial charge in [-0.15, -0.1) is 0 Å². The average molecular weight is 424 g/mol. The molecule has 4 rings (SSSR count). The summed E-state index contributed by atoms with van der Waals surface area (Å²) in [6.45, 7) is 6.99. The number of pyridine rings is 2. The topological polar surface area (TPSA) is 106 Å². The molecule has 3 N–H and O–H groups in total. The Labute approximate surface area is 181 Å². The summed E-state index contributed by atoms with van der Waals surface area (Å²) < 4.78 is 11.0. The SMILES string of the molecule is COc1ccc(N)nc1-c1ccnc2[nH]c(C3CCN(C(=O)OC(C)(C)C)CC3)cc12. The van der Waals surface area contributed by atoms with Crippen molar-refractivity contribution in [3.8, 4) is 17.0 Å². The van der Waals surface area contributed by atoms with Crippen LogP contribution in [-0.2, 0) is 4.74 Å². The second kappa shape index (κ2) is 8.09. The molecule has 0 bridgehead atoms. The van der Waals surface area contributed by atoms with Gasteiger partial charge in [-0.05, 0) is 57.9 Å². The second-order valence-corrected chi connectivity index (χ2v) is 8.87. The fraction of sp³-hybridized carbons (Fsp3) is 0.435. The van der Waals surface area contributed by atoms with Gasteiger partial charge in [0.1, 0.15) is 28.5 Å². The summed E-state index contributed by atoms with van der Waals surface area (Å²) in [7, 11) is 1.62. The zero-order chi connectivity index (χ0) is 22.2. The van der Waals surface area contributed by atoms with Crippen LogP contribution in [0.5, 0.6) is 5.75 Å². The van der Waals surface area contributed by atoms with E-state index < -0.39 is 5.60 Å². The Bertz CT molecular complexity index is 1090. The summed E-state index contributed by atoms with van der Waals surface area (Å²) in [6, 6.07) is 7.61. The zero-order valence-corrected chi connectivity index (χ0v) is 18.4. The van der Waals surface area contributed by atoms with E-state index in [2.05, 4.69) is 21.0 Å². The summed E-state index contributed by atoms with van der Waals surface area (Å²) >= 11 is 0. The van der Waals surface area contributed by atoms with Crippen LogP contribution in [0, 0.1) is 0 Å². The summed E-state index contributed by atoms with van der Waals surface area (Å²) in [5.74, 6) is 1.41. The summed E-state index contributed by atoms with van der Waals surface area (Å²) in [5.41, 5.74) is 8.97. The number of hydrogen-bond donors (Lipinski definition) is 2. The van der Waals surface area contributed by atoms with E-state index in [0.29, 0.717) is 36.3 Å². The Balaban J connectivity index is 1.57. The van der Waals surface area contributed by atoms with Crippen LogP contribution >= 0.6 is 0 Å². The van der Waals surface area contributed by atoms with Crippen LogP contribution in [-0.4, -0.2) is 51.7 Å². The summed E-state index contributed by atoms with van der Waals surface area (Å²) in [4.78, 5) is 26.6. The lowest BCUT2D eigenvalue weighted by molar-refractivity contribution is 0.0204. The molecule has 0 saturated carbocycles. The highest BCUT2D eigenvalue weighted by molar-refractivity contribution is 5.94. The number of nitrogens with two attached hydrogens (primary N) is 1. The maximum absolute atomic E-state index is 12.3.